The van der Waals surface area contributed by atoms with Crippen LogP contribution in [0.4, 0.5) is 0 Å². The molecule has 0 aromatic carbocycles. The van der Waals surface area contributed by atoms with Crippen LogP contribution >= 0.6 is 0 Å². The first-order chi connectivity index (χ1) is 10.4. The average Bonchev–Trinajstić information content (AvgIpc) is 2.53. The predicted octanol–water partition coefficient (Wildman–Crippen LogP) is 7.18. The third-order valence-corrected chi connectivity index (χ3v) is 8.00. The third-order valence-electron chi connectivity index (χ3n) is 8.00. The van der Waals surface area contributed by atoms with Crippen LogP contribution in [-0.4, -0.2) is 0 Å². The smallest absolute Gasteiger partial charge is 0.0386 e. The van der Waals surface area contributed by atoms with E-state index in [2.05, 4.69) is 41.5 Å². The highest BCUT2D eigenvalue weighted by Gasteiger charge is 2.34. The van der Waals surface area contributed by atoms with Gasteiger partial charge < -0.3 is 0 Å². The second kappa shape index (κ2) is 8.20. The molecule has 2 aliphatic carbocycles. The molecule has 0 aliphatic heterocycles. The second-order valence-electron chi connectivity index (χ2n) is 9.52. The lowest BCUT2D eigenvalue weighted by Gasteiger charge is -2.41. The zero-order chi connectivity index (χ0) is 16.3. The highest BCUT2D eigenvalue weighted by molar-refractivity contribution is 4.84. The summed E-state index contributed by atoms with van der Waals surface area (Å²) in [5.74, 6) is 7.68. The molecule has 0 heteroatoms. The number of hydrogen-bond donors (Lipinski definition) is 0. The maximum Gasteiger partial charge on any atom is -0.0386 e. The summed E-state index contributed by atoms with van der Waals surface area (Å²) < 4.78 is 0. The van der Waals surface area contributed by atoms with Crippen LogP contribution in [0.1, 0.15) is 92.9 Å². The fourth-order valence-electron chi connectivity index (χ4n) is 5.41. The van der Waals surface area contributed by atoms with Gasteiger partial charge in [0, 0.05) is 0 Å². The molecule has 2 rings (SSSR count). The van der Waals surface area contributed by atoms with Crippen molar-refractivity contribution in [2.75, 3.05) is 0 Å². The van der Waals surface area contributed by atoms with Gasteiger partial charge in [0.2, 0.25) is 0 Å². The molecule has 0 amide bonds. The molecule has 3 unspecified atom stereocenters. The van der Waals surface area contributed by atoms with Crippen molar-refractivity contribution in [3.8, 4) is 0 Å². The van der Waals surface area contributed by atoms with Crippen LogP contribution in [0.15, 0.2) is 0 Å². The molecule has 0 radical (unpaired) electrons. The Kier molecular flexibility index (Phi) is 6.84. The minimum atomic E-state index is 0.831. The lowest BCUT2D eigenvalue weighted by Crippen LogP contribution is -2.31. The summed E-state index contributed by atoms with van der Waals surface area (Å²) >= 11 is 0. The van der Waals surface area contributed by atoms with Crippen LogP contribution < -0.4 is 0 Å². The van der Waals surface area contributed by atoms with E-state index in [4.69, 9.17) is 0 Å². The van der Waals surface area contributed by atoms with E-state index >= 15 is 0 Å². The average molecular weight is 307 g/mol. The summed E-state index contributed by atoms with van der Waals surface area (Å²) in [6.45, 7) is 14.8. The highest BCUT2D eigenvalue weighted by atomic mass is 14.4. The highest BCUT2D eigenvalue weighted by Crippen LogP contribution is 2.44. The van der Waals surface area contributed by atoms with Crippen molar-refractivity contribution in [1.82, 2.24) is 0 Å². The second-order valence-corrected chi connectivity index (χ2v) is 9.52. The van der Waals surface area contributed by atoms with Crippen molar-refractivity contribution >= 4 is 0 Å². The molecule has 0 aromatic rings. The molecule has 0 aromatic heterocycles. The lowest BCUT2D eigenvalue weighted by molar-refractivity contribution is 0.0955. The minimum Gasteiger partial charge on any atom is -0.0625 e. The van der Waals surface area contributed by atoms with Crippen LogP contribution in [-0.2, 0) is 0 Å². The van der Waals surface area contributed by atoms with Crippen LogP contribution in [0.5, 0.6) is 0 Å². The summed E-state index contributed by atoms with van der Waals surface area (Å²) in [5.41, 5.74) is 0. The van der Waals surface area contributed by atoms with Crippen LogP contribution in [0, 0.1) is 47.3 Å². The first-order valence-electron chi connectivity index (χ1n) is 10.4. The fourth-order valence-corrected chi connectivity index (χ4v) is 5.41. The summed E-state index contributed by atoms with van der Waals surface area (Å²) in [6.07, 6.45) is 12.2. The maximum atomic E-state index is 2.55. The van der Waals surface area contributed by atoms with E-state index in [0.717, 1.165) is 47.3 Å². The van der Waals surface area contributed by atoms with Crippen molar-refractivity contribution in [1.29, 1.82) is 0 Å². The zero-order valence-electron chi connectivity index (χ0n) is 16.3. The molecule has 0 bridgehead atoms. The first-order valence-corrected chi connectivity index (χ1v) is 10.4. The quantitative estimate of drug-likeness (QED) is 0.504. The van der Waals surface area contributed by atoms with Gasteiger partial charge in [0.05, 0.1) is 0 Å². The Morgan fingerprint density at radius 3 is 1.50 bits per heavy atom. The van der Waals surface area contributed by atoms with Crippen molar-refractivity contribution in [3.05, 3.63) is 0 Å². The molecule has 2 saturated carbocycles. The molecule has 130 valence electrons. The van der Waals surface area contributed by atoms with Gasteiger partial charge in [-0.25, -0.2) is 0 Å². The number of hydrogen-bond acceptors (Lipinski definition) is 0. The molecular weight excluding hydrogens is 264 g/mol. The molecule has 0 N–H and O–H groups in total. The van der Waals surface area contributed by atoms with E-state index in [-0.39, 0.29) is 0 Å². The maximum absolute atomic E-state index is 2.55. The van der Waals surface area contributed by atoms with Gasteiger partial charge in [-0.05, 0) is 85.9 Å². The van der Waals surface area contributed by atoms with Crippen molar-refractivity contribution in [2.24, 2.45) is 47.3 Å². The number of rotatable bonds is 5. The fraction of sp³-hybridized carbons (Fsp3) is 1.00. The van der Waals surface area contributed by atoms with E-state index in [0.29, 0.717) is 0 Å². The molecule has 2 aliphatic rings. The normalized spacial score (nSPS) is 37.8. The predicted molar refractivity (Wildman–Crippen MR) is 98.9 cm³/mol. The molecular formula is C22H42. The summed E-state index contributed by atoms with van der Waals surface area (Å²) in [6, 6.07) is 0. The van der Waals surface area contributed by atoms with Gasteiger partial charge in [0.1, 0.15) is 0 Å². The Bertz CT molecular complexity index is 302. The first kappa shape index (κ1) is 18.3. The minimum absolute atomic E-state index is 0.831. The molecule has 0 saturated heterocycles. The Hall–Kier alpha value is 0. The Labute approximate surface area is 140 Å². The van der Waals surface area contributed by atoms with Gasteiger partial charge in [0.15, 0.2) is 0 Å². The van der Waals surface area contributed by atoms with Gasteiger partial charge in [-0.15, -0.1) is 0 Å². The summed E-state index contributed by atoms with van der Waals surface area (Å²) in [5, 5.41) is 0. The van der Waals surface area contributed by atoms with E-state index in [1.807, 2.05) is 0 Å². The van der Waals surface area contributed by atoms with Crippen molar-refractivity contribution in [3.63, 3.8) is 0 Å². The molecule has 0 heterocycles. The Morgan fingerprint density at radius 2 is 1.05 bits per heavy atom. The van der Waals surface area contributed by atoms with Crippen molar-refractivity contribution in [2.45, 2.75) is 92.9 Å². The van der Waals surface area contributed by atoms with E-state index < -0.39 is 0 Å². The molecule has 0 nitrogen and oxygen atoms in total. The molecule has 2 fully saturated rings. The Morgan fingerprint density at radius 1 is 0.591 bits per heavy atom. The van der Waals surface area contributed by atoms with Gasteiger partial charge in [-0.2, -0.15) is 0 Å². The lowest BCUT2D eigenvalue weighted by atomic mass is 9.65. The Balaban J connectivity index is 1.79. The zero-order valence-corrected chi connectivity index (χ0v) is 16.3. The largest absolute Gasteiger partial charge is 0.0625 e. The van der Waals surface area contributed by atoms with Crippen LogP contribution in [0.3, 0.4) is 0 Å². The van der Waals surface area contributed by atoms with Crippen LogP contribution in [0.2, 0.25) is 0 Å². The van der Waals surface area contributed by atoms with Gasteiger partial charge in [-0.1, -0.05) is 54.4 Å². The van der Waals surface area contributed by atoms with E-state index in [9.17, 15) is 0 Å². The molecule has 22 heavy (non-hydrogen) atoms. The standard InChI is InChI=1S/C22H42/c1-15(2)17(4)18(5)19(6)20-11-13-22(14-12-20)21-9-7-16(3)8-10-21/h15-22H,7-14H2,1-6H3. The molecule has 3 atom stereocenters. The van der Waals surface area contributed by atoms with Gasteiger partial charge in [-0.3, -0.25) is 0 Å². The van der Waals surface area contributed by atoms with Gasteiger partial charge >= 0.3 is 0 Å². The van der Waals surface area contributed by atoms with Gasteiger partial charge in [0.25, 0.3) is 0 Å². The monoisotopic (exact) mass is 306 g/mol. The van der Waals surface area contributed by atoms with Crippen molar-refractivity contribution < 1.29 is 0 Å². The summed E-state index contributed by atoms with van der Waals surface area (Å²) in [7, 11) is 0. The van der Waals surface area contributed by atoms with E-state index in [1.54, 1.807) is 0 Å². The molecule has 0 spiro atoms. The van der Waals surface area contributed by atoms with E-state index in [1.165, 1.54) is 51.4 Å². The summed E-state index contributed by atoms with van der Waals surface area (Å²) in [4.78, 5) is 0. The third kappa shape index (κ3) is 4.51. The SMILES string of the molecule is CC1CCC(C2CCC(C(C)C(C)C(C)C(C)C)CC2)CC1. The van der Waals surface area contributed by atoms with Crippen LogP contribution in [0.25, 0.3) is 0 Å². The topological polar surface area (TPSA) is 0 Å².